The summed E-state index contributed by atoms with van der Waals surface area (Å²) in [7, 11) is 0. The Bertz CT molecular complexity index is 434. The van der Waals surface area contributed by atoms with Crippen molar-refractivity contribution in [3.05, 3.63) is 28.0 Å². The molecule has 0 aliphatic heterocycles. The van der Waals surface area contributed by atoms with Crippen LogP contribution in [0.15, 0.2) is 16.6 Å². The molecule has 80 valence electrons. The van der Waals surface area contributed by atoms with Gasteiger partial charge in [0.15, 0.2) is 5.82 Å². The predicted octanol–water partition coefficient (Wildman–Crippen LogP) is 2.24. The van der Waals surface area contributed by atoms with Crippen LogP contribution in [0.4, 0.5) is 10.1 Å². The SMILES string of the molecule is CC(=O)Nc1ccc(Br)c(C(=O)O)c1F. The van der Waals surface area contributed by atoms with Crippen LogP contribution in [-0.2, 0) is 4.79 Å². The predicted molar refractivity (Wildman–Crippen MR) is 55.4 cm³/mol. The quantitative estimate of drug-likeness (QED) is 0.870. The van der Waals surface area contributed by atoms with E-state index in [2.05, 4.69) is 21.2 Å². The number of anilines is 1. The second kappa shape index (κ2) is 4.39. The third kappa shape index (κ3) is 2.53. The van der Waals surface area contributed by atoms with Gasteiger partial charge in [-0.2, -0.15) is 0 Å². The Kier molecular flexibility index (Phi) is 3.41. The third-order valence-corrected chi connectivity index (χ3v) is 2.28. The molecule has 1 rings (SSSR count). The largest absolute Gasteiger partial charge is 0.478 e. The zero-order chi connectivity index (χ0) is 11.6. The molecule has 0 radical (unpaired) electrons. The number of carbonyl (C=O) groups excluding carboxylic acids is 1. The van der Waals surface area contributed by atoms with E-state index in [-0.39, 0.29) is 10.2 Å². The lowest BCUT2D eigenvalue weighted by Gasteiger charge is -2.07. The number of carbonyl (C=O) groups is 2. The molecule has 0 unspecified atom stereocenters. The van der Waals surface area contributed by atoms with Crippen molar-refractivity contribution >= 4 is 33.5 Å². The van der Waals surface area contributed by atoms with E-state index >= 15 is 0 Å². The Morgan fingerprint density at radius 2 is 2.07 bits per heavy atom. The van der Waals surface area contributed by atoms with Crippen molar-refractivity contribution in [2.75, 3.05) is 5.32 Å². The average Bonchev–Trinajstić information content (AvgIpc) is 2.09. The number of amides is 1. The molecular formula is C9H7BrFNO3. The molecule has 0 bridgehead atoms. The maximum absolute atomic E-state index is 13.5. The number of aromatic carboxylic acids is 1. The highest BCUT2D eigenvalue weighted by Gasteiger charge is 2.18. The van der Waals surface area contributed by atoms with Crippen LogP contribution in [-0.4, -0.2) is 17.0 Å². The second-order valence-corrected chi connectivity index (χ2v) is 3.62. The molecule has 0 atom stereocenters. The van der Waals surface area contributed by atoms with Crippen molar-refractivity contribution in [1.82, 2.24) is 0 Å². The van der Waals surface area contributed by atoms with E-state index in [4.69, 9.17) is 5.11 Å². The summed E-state index contributed by atoms with van der Waals surface area (Å²) < 4.78 is 13.6. The van der Waals surface area contributed by atoms with Crippen LogP contribution in [0.1, 0.15) is 17.3 Å². The van der Waals surface area contributed by atoms with Crippen LogP contribution in [0.25, 0.3) is 0 Å². The molecule has 0 aromatic heterocycles. The maximum atomic E-state index is 13.5. The van der Waals surface area contributed by atoms with Gasteiger partial charge in [0, 0.05) is 11.4 Å². The Morgan fingerprint density at radius 1 is 1.47 bits per heavy atom. The van der Waals surface area contributed by atoms with Crippen LogP contribution in [0.3, 0.4) is 0 Å². The fraction of sp³-hybridized carbons (Fsp3) is 0.111. The molecule has 1 amide bonds. The summed E-state index contributed by atoms with van der Waals surface area (Å²) in [6, 6.07) is 2.64. The molecule has 1 aromatic carbocycles. The first-order chi connectivity index (χ1) is 6.93. The number of carboxylic acids is 1. The first-order valence-corrected chi connectivity index (χ1v) is 4.71. The highest BCUT2D eigenvalue weighted by Crippen LogP contribution is 2.25. The molecule has 0 saturated heterocycles. The lowest BCUT2D eigenvalue weighted by atomic mass is 10.2. The summed E-state index contributed by atoms with van der Waals surface area (Å²) in [4.78, 5) is 21.4. The average molecular weight is 276 g/mol. The zero-order valence-corrected chi connectivity index (χ0v) is 9.26. The summed E-state index contributed by atoms with van der Waals surface area (Å²) in [6.45, 7) is 1.21. The van der Waals surface area contributed by atoms with Crippen LogP contribution in [0.5, 0.6) is 0 Å². The van der Waals surface area contributed by atoms with Gasteiger partial charge in [-0.1, -0.05) is 0 Å². The number of hydrogen-bond donors (Lipinski definition) is 2. The van der Waals surface area contributed by atoms with Crippen molar-refractivity contribution in [2.24, 2.45) is 0 Å². The fourth-order valence-corrected chi connectivity index (χ4v) is 1.51. The van der Waals surface area contributed by atoms with Crippen LogP contribution >= 0.6 is 15.9 Å². The monoisotopic (exact) mass is 275 g/mol. The van der Waals surface area contributed by atoms with Crippen molar-refractivity contribution in [1.29, 1.82) is 0 Å². The van der Waals surface area contributed by atoms with Crippen LogP contribution in [0, 0.1) is 5.82 Å². The first kappa shape index (κ1) is 11.6. The van der Waals surface area contributed by atoms with Gasteiger partial charge >= 0.3 is 5.97 Å². The van der Waals surface area contributed by atoms with Crippen molar-refractivity contribution in [3.8, 4) is 0 Å². The van der Waals surface area contributed by atoms with E-state index in [0.29, 0.717) is 0 Å². The number of carboxylic acid groups (broad SMARTS) is 1. The van der Waals surface area contributed by atoms with E-state index in [1.54, 1.807) is 0 Å². The first-order valence-electron chi connectivity index (χ1n) is 3.92. The number of halogens is 2. The number of rotatable bonds is 2. The minimum atomic E-state index is -1.40. The Labute approximate surface area is 93.2 Å². The molecule has 0 aliphatic carbocycles. The molecule has 0 aliphatic rings. The molecule has 0 fully saturated rings. The number of hydrogen-bond acceptors (Lipinski definition) is 2. The number of nitrogens with one attached hydrogen (secondary N) is 1. The van der Waals surface area contributed by atoms with Gasteiger partial charge in [0.1, 0.15) is 5.56 Å². The molecule has 2 N–H and O–H groups in total. The highest BCUT2D eigenvalue weighted by molar-refractivity contribution is 9.10. The normalized spacial score (nSPS) is 9.80. The van der Waals surface area contributed by atoms with Gasteiger partial charge in [0.05, 0.1) is 5.69 Å². The molecule has 15 heavy (non-hydrogen) atoms. The van der Waals surface area contributed by atoms with Gasteiger partial charge in [-0.3, -0.25) is 4.79 Å². The Balaban J connectivity index is 3.28. The van der Waals surface area contributed by atoms with E-state index in [9.17, 15) is 14.0 Å². The lowest BCUT2D eigenvalue weighted by Crippen LogP contribution is -2.11. The van der Waals surface area contributed by atoms with Crippen LogP contribution < -0.4 is 5.32 Å². The smallest absolute Gasteiger partial charge is 0.339 e. The van der Waals surface area contributed by atoms with Gasteiger partial charge in [0.25, 0.3) is 0 Å². The molecule has 4 nitrogen and oxygen atoms in total. The zero-order valence-electron chi connectivity index (χ0n) is 7.67. The topological polar surface area (TPSA) is 66.4 Å². The van der Waals surface area contributed by atoms with Crippen molar-refractivity contribution < 1.29 is 19.1 Å². The second-order valence-electron chi connectivity index (χ2n) is 2.77. The lowest BCUT2D eigenvalue weighted by molar-refractivity contribution is -0.114. The molecule has 0 saturated carbocycles. The third-order valence-electron chi connectivity index (χ3n) is 1.62. The molecule has 0 heterocycles. The van der Waals surface area contributed by atoms with Crippen molar-refractivity contribution in [2.45, 2.75) is 6.92 Å². The van der Waals surface area contributed by atoms with E-state index in [1.165, 1.54) is 19.1 Å². The van der Waals surface area contributed by atoms with Gasteiger partial charge in [-0.15, -0.1) is 0 Å². The summed E-state index contributed by atoms with van der Waals surface area (Å²) in [6.07, 6.45) is 0. The minimum absolute atomic E-state index is 0.126. The van der Waals surface area contributed by atoms with Crippen molar-refractivity contribution in [3.63, 3.8) is 0 Å². The minimum Gasteiger partial charge on any atom is -0.478 e. The summed E-state index contributed by atoms with van der Waals surface area (Å²) in [5.41, 5.74) is -0.649. The summed E-state index contributed by atoms with van der Waals surface area (Å²) >= 11 is 2.91. The van der Waals surface area contributed by atoms with E-state index in [1.807, 2.05) is 0 Å². The van der Waals surface area contributed by atoms with E-state index < -0.39 is 23.3 Å². The molecule has 0 spiro atoms. The Morgan fingerprint density at radius 3 is 2.53 bits per heavy atom. The maximum Gasteiger partial charge on any atom is 0.339 e. The van der Waals surface area contributed by atoms with Gasteiger partial charge in [-0.05, 0) is 28.1 Å². The van der Waals surface area contributed by atoms with Gasteiger partial charge in [-0.25, -0.2) is 9.18 Å². The molecule has 6 heteroatoms. The number of benzene rings is 1. The van der Waals surface area contributed by atoms with E-state index in [0.717, 1.165) is 0 Å². The fourth-order valence-electron chi connectivity index (χ4n) is 1.03. The summed E-state index contributed by atoms with van der Waals surface area (Å²) in [5, 5.41) is 10.9. The standard InChI is InChI=1S/C9H7BrFNO3/c1-4(13)12-6-3-2-5(10)7(8(6)11)9(14)15/h2-3H,1H3,(H,12,13)(H,14,15). The summed E-state index contributed by atoms with van der Waals surface area (Å²) in [5.74, 6) is -2.83. The molecular weight excluding hydrogens is 269 g/mol. The highest BCUT2D eigenvalue weighted by atomic mass is 79.9. The van der Waals surface area contributed by atoms with Gasteiger partial charge < -0.3 is 10.4 Å². The van der Waals surface area contributed by atoms with Crippen LogP contribution in [0.2, 0.25) is 0 Å². The molecule has 1 aromatic rings. The van der Waals surface area contributed by atoms with Gasteiger partial charge in [0.2, 0.25) is 5.91 Å². The Hall–Kier alpha value is -1.43.